The minimum Gasteiger partial charge on any atom is -0.488 e. The molecule has 1 aromatic carbocycles. The van der Waals surface area contributed by atoms with Crippen molar-refractivity contribution in [3.05, 3.63) is 64.7 Å². The van der Waals surface area contributed by atoms with Crippen LogP contribution >= 0.6 is 11.6 Å². The zero-order valence-electron chi connectivity index (χ0n) is 18.3. The van der Waals surface area contributed by atoms with Crippen molar-refractivity contribution >= 4 is 17.6 Å². The summed E-state index contributed by atoms with van der Waals surface area (Å²) in [7, 11) is 0. The summed E-state index contributed by atoms with van der Waals surface area (Å²) in [6, 6.07) is 4.59. The van der Waals surface area contributed by atoms with E-state index in [0.29, 0.717) is 23.8 Å². The minimum absolute atomic E-state index is 0.0826. The summed E-state index contributed by atoms with van der Waals surface area (Å²) in [5.41, 5.74) is -3.67. The van der Waals surface area contributed by atoms with Gasteiger partial charge in [0.1, 0.15) is 17.8 Å². The van der Waals surface area contributed by atoms with Gasteiger partial charge in [0, 0.05) is 25.0 Å². The fourth-order valence-corrected chi connectivity index (χ4v) is 3.39. The molecule has 0 amide bonds. The molecule has 2 rings (SSSR count). The first-order valence-electron chi connectivity index (χ1n) is 10.2. The standard InChI is InChI=1S/C24H21ClF6O4/c1-2-34-20(21(32)33)14-16-8-9-19(18(25)13-16)35-12-5-3-4-10-22(24(29,30)31)11-6-7-17(15-22)23(26,27)28/h3,5-9,11,13,20H,2,12,14-15H2,1H3,(H,32,33)/b5-3+/t20-,22?/m0/s1. The number of halogens is 7. The van der Waals surface area contributed by atoms with Crippen molar-refractivity contribution in [3.8, 4) is 17.6 Å². The van der Waals surface area contributed by atoms with Crippen LogP contribution in [0.15, 0.2) is 54.2 Å². The molecule has 4 nitrogen and oxygen atoms in total. The van der Waals surface area contributed by atoms with E-state index in [1.807, 2.05) is 5.92 Å². The van der Waals surface area contributed by atoms with Gasteiger partial charge < -0.3 is 14.6 Å². The minimum atomic E-state index is -5.01. The van der Waals surface area contributed by atoms with E-state index in [1.54, 1.807) is 13.0 Å². The van der Waals surface area contributed by atoms with Crippen molar-refractivity contribution in [3.63, 3.8) is 0 Å². The van der Waals surface area contributed by atoms with Crippen LogP contribution in [-0.2, 0) is 16.0 Å². The Morgan fingerprint density at radius 2 is 2.00 bits per heavy atom. The van der Waals surface area contributed by atoms with E-state index in [-0.39, 0.29) is 30.4 Å². The monoisotopic (exact) mass is 522 g/mol. The number of allylic oxidation sites excluding steroid dienone is 5. The molecule has 35 heavy (non-hydrogen) atoms. The van der Waals surface area contributed by atoms with Crippen LogP contribution in [0.1, 0.15) is 18.9 Å². The van der Waals surface area contributed by atoms with Crippen LogP contribution < -0.4 is 4.74 Å². The zero-order valence-corrected chi connectivity index (χ0v) is 19.1. The molecule has 190 valence electrons. The Bertz CT molecular complexity index is 1060. The molecule has 0 bridgehead atoms. The predicted octanol–water partition coefficient (Wildman–Crippen LogP) is 6.31. The highest BCUT2D eigenvalue weighted by Gasteiger charge is 2.55. The smallest absolute Gasteiger partial charge is 0.412 e. The van der Waals surface area contributed by atoms with Crippen LogP contribution in [0.5, 0.6) is 5.75 Å². The summed E-state index contributed by atoms with van der Waals surface area (Å²) in [5.74, 6) is 3.17. The van der Waals surface area contributed by atoms with Gasteiger partial charge in [-0.15, -0.1) is 0 Å². The lowest BCUT2D eigenvalue weighted by Gasteiger charge is -2.31. The van der Waals surface area contributed by atoms with Crippen LogP contribution in [0.4, 0.5) is 26.3 Å². The molecule has 1 aromatic rings. The van der Waals surface area contributed by atoms with Crippen LogP contribution in [-0.4, -0.2) is 42.7 Å². The lowest BCUT2D eigenvalue weighted by atomic mass is 9.78. The molecule has 0 aliphatic heterocycles. The number of carboxylic acids is 1. The second kappa shape index (κ2) is 11.7. The second-order valence-electron chi connectivity index (χ2n) is 7.43. The number of hydrogen-bond acceptors (Lipinski definition) is 3. The number of carbonyl (C=O) groups is 1. The third-order valence-corrected chi connectivity index (χ3v) is 5.20. The maximum Gasteiger partial charge on any atom is 0.412 e. The normalized spacial score (nSPS) is 19.1. The first kappa shape index (κ1) is 28.3. The molecule has 1 aliphatic rings. The van der Waals surface area contributed by atoms with E-state index in [4.69, 9.17) is 26.2 Å². The third kappa shape index (κ3) is 7.80. The van der Waals surface area contributed by atoms with Crippen LogP contribution in [0.3, 0.4) is 0 Å². The summed E-state index contributed by atoms with van der Waals surface area (Å²) < 4.78 is 90.0. The van der Waals surface area contributed by atoms with Gasteiger partial charge in [-0.3, -0.25) is 0 Å². The first-order chi connectivity index (χ1) is 16.3. The lowest BCUT2D eigenvalue weighted by Crippen LogP contribution is -2.38. The van der Waals surface area contributed by atoms with Crippen LogP contribution in [0, 0.1) is 17.3 Å². The van der Waals surface area contributed by atoms with Gasteiger partial charge in [-0.2, -0.15) is 26.3 Å². The lowest BCUT2D eigenvalue weighted by molar-refractivity contribution is -0.190. The van der Waals surface area contributed by atoms with Gasteiger partial charge in [-0.25, -0.2) is 4.79 Å². The van der Waals surface area contributed by atoms with E-state index in [2.05, 4.69) is 5.92 Å². The molecular formula is C24H21ClF6O4. The molecule has 2 atom stereocenters. The highest BCUT2D eigenvalue weighted by Crippen LogP contribution is 2.48. The number of hydrogen-bond donors (Lipinski definition) is 1. The van der Waals surface area contributed by atoms with Gasteiger partial charge in [0.25, 0.3) is 0 Å². The largest absolute Gasteiger partial charge is 0.488 e. The maximum atomic E-state index is 13.5. The molecule has 1 unspecified atom stereocenters. The van der Waals surface area contributed by atoms with E-state index >= 15 is 0 Å². The molecule has 0 fully saturated rings. The third-order valence-electron chi connectivity index (χ3n) is 4.91. The number of benzene rings is 1. The number of alkyl halides is 6. The quantitative estimate of drug-likeness (QED) is 0.321. The van der Waals surface area contributed by atoms with Crippen LogP contribution in [0.2, 0.25) is 5.02 Å². The summed E-state index contributed by atoms with van der Waals surface area (Å²) in [6.45, 7) is 1.76. The summed E-state index contributed by atoms with van der Waals surface area (Å²) >= 11 is 6.13. The first-order valence-corrected chi connectivity index (χ1v) is 10.6. The zero-order chi connectivity index (χ0) is 26.3. The molecule has 0 saturated heterocycles. The number of ether oxygens (including phenoxy) is 2. The average Bonchev–Trinajstić information content (AvgIpc) is 2.75. The average molecular weight is 523 g/mol. The number of rotatable bonds is 8. The van der Waals surface area contributed by atoms with Gasteiger partial charge in [0.2, 0.25) is 0 Å². The van der Waals surface area contributed by atoms with Gasteiger partial charge in [0.15, 0.2) is 6.10 Å². The highest BCUT2D eigenvalue weighted by molar-refractivity contribution is 6.32. The molecule has 1 aliphatic carbocycles. The van der Waals surface area contributed by atoms with Crippen LogP contribution in [0.25, 0.3) is 0 Å². The molecule has 0 aromatic heterocycles. The second-order valence-corrected chi connectivity index (χ2v) is 7.84. The summed E-state index contributed by atoms with van der Waals surface area (Å²) in [5, 5.41) is 9.33. The highest BCUT2D eigenvalue weighted by atomic mass is 35.5. The van der Waals surface area contributed by atoms with Crippen molar-refractivity contribution in [2.24, 2.45) is 5.41 Å². The van der Waals surface area contributed by atoms with E-state index < -0.39 is 41.8 Å². The van der Waals surface area contributed by atoms with Crippen molar-refractivity contribution in [2.45, 2.75) is 38.2 Å². The predicted molar refractivity (Wildman–Crippen MR) is 117 cm³/mol. The van der Waals surface area contributed by atoms with E-state index in [9.17, 15) is 31.1 Å². The Labute approximate surface area is 202 Å². The summed E-state index contributed by atoms with van der Waals surface area (Å²) in [4.78, 5) is 11.2. The molecular weight excluding hydrogens is 502 g/mol. The molecule has 0 saturated carbocycles. The maximum absolute atomic E-state index is 13.5. The number of aliphatic carboxylic acids is 1. The van der Waals surface area contributed by atoms with Crippen molar-refractivity contribution < 1.29 is 45.7 Å². The van der Waals surface area contributed by atoms with Crippen molar-refractivity contribution in [1.29, 1.82) is 0 Å². The topological polar surface area (TPSA) is 55.8 Å². The molecule has 0 heterocycles. The van der Waals surface area contributed by atoms with Crippen molar-refractivity contribution in [1.82, 2.24) is 0 Å². The molecule has 1 N–H and O–H groups in total. The Morgan fingerprint density at radius 1 is 1.29 bits per heavy atom. The van der Waals surface area contributed by atoms with E-state index in [1.165, 1.54) is 18.2 Å². The Hall–Kier alpha value is -2.90. The molecule has 0 spiro atoms. The Balaban J connectivity index is 2.03. The SMILES string of the molecule is CCO[C@@H](Cc1ccc(OC/C=C/C#CC2(C(F)(F)F)C=CC=C(C(F)(F)F)C2)c(Cl)c1)C(=O)O. The van der Waals surface area contributed by atoms with Gasteiger partial charge >= 0.3 is 18.3 Å². The Morgan fingerprint density at radius 3 is 2.57 bits per heavy atom. The van der Waals surface area contributed by atoms with Gasteiger partial charge in [-0.05, 0) is 36.8 Å². The van der Waals surface area contributed by atoms with Crippen molar-refractivity contribution in [2.75, 3.05) is 13.2 Å². The molecule has 11 heteroatoms. The summed E-state index contributed by atoms with van der Waals surface area (Å²) in [6.07, 6.45) is -7.93. The van der Waals surface area contributed by atoms with Gasteiger partial charge in [0.05, 0.1) is 5.02 Å². The Kier molecular flexibility index (Phi) is 9.46. The number of carboxylic acid groups (broad SMARTS) is 1. The van der Waals surface area contributed by atoms with Gasteiger partial charge in [-0.1, -0.05) is 47.7 Å². The van der Waals surface area contributed by atoms with E-state index in [0.717, 1.165) is 6.08 Å². The fourth-order valence-electron chi connectivity index (χ4n) is 3.13. The molecule has 0 radical (unpaired) electrons. The fraction of sp³-hybridized carbons (Fsp3) is 0.375.